The van der Waals surface area contributed by atoms with E-state index < -0.39 is 17.5 Å². The number of carbonyl (C=O) groups is 3. The molecule has 2 saturated heterocycles. The fourth-order valence-electron chi connectivity index (χ4n) is 5.20. The van der Waals surface area contributed by atoms with Gasteiger partial charge >= 0.3 is 5.97 Å². The largest absolute Gasteiger partial charge is 0.450 e. The molecular formula is C21H32O5. The average molecular weight is 364 g/mol. The van der Waals surface area contributed by atoms with Crippen LogP contribution >= 0.6 is 0 Å². The minimum absolute atomic E-state index is 0.0362. The smallest absolute Gasteiger partial charge is 0.317 e. The van der Waals surface area contributed by atoms with Crippen molar-refractivity contribution in [2.45, 2.75) is 83.8 Å². The molecule has 146 valence electrons. The summed E-state index contributed by atoms with van der Waals surface area (Å²) in [6, 6.07) is 0. The summed E-state index contributed by atoms with van der Waals surface area (Å²) in [5.41, 5.74) is -1.15. The Hall–Kier alpha value is -1.23. The highest BCUT2D eigenvalue weighted by atomic mass is 16.6. The third-order valence-corrected chi connectivity index (χ3v) is 6.69. The zero-order valence-electron chi connectivity index (χ0n) is 16.3. The molecule has 3 unspecified atom stereocenters. The SMILES string of the molecule is CCCCCC(=O)[C@H]1C(=O)O[C@@]2(C)C(=O)C3COC(CCC)CC3C[C@H]12. The second-order valence-corrected chi connectivity index (χ2v) is 8.48. The van der Waals surface area contributed by atoms with Gasteiger partial charge in [0.15, 0.2) is 11.4 Å². The molecule has 0 N–H and O–H groups in total. The lowest BCUT2D eigenvalue weighted by Crippen LogP contribution is -2.56. The average Bonchev–Trinajstić information content (AvgIpc) is 2.86. The van der Waals surface area contributed by atoms with Gasteiger partial charge in [-0.25, -0.2) is 0 Å². The highest BCUT2D eigenvalue weighted by Crippen LogP contribution is 2.51. The van der Waals surface area contributed by atoms with Gasteiger partial charge in [0.2, 0.25) is 0 Å². The van der Waals surface area contributed by atoms with E-state index in [2.05, 4.69) is 13.8 Å². The van der Waals surface area contributed by atoms with E-state index in [9.17, 15) is 14.4 Å². The molecule has 0 amide bonds. The lowest BCUT2D eigenvalue weighted by molar-refractivity contribution is -0.172. The van der Waals surface area contributed by atoms with Crippen LogP contribution in [0.4, 0.5) is 0 Å². The van der Waals surface area contributed by atoms with Gasteiger partial charge in [0, 0.05) is 18.3 Å². The number of carbonyl (C=O) groups excluding carboxylic acids is 3. The molecule has 3 fully saturated rings. The van der Waals surface area contributed by atoms with Gasteiger partial charge in [-0.1, -0.05) is 33.1 Å². The minimum atomic E-state index is -1.15. The molecule has 3 aliphatic rings. The molecule has 0 bridgehead atoms. The number of esters is 1. The number of ether oxygens (including phenoxy) is 2. The van der Waals surface area contributed by atoms with Crippen molar-refractivity contribution in [3.8, 4) is 0 Å². The van der Waals surface area contributed by atoms with Crippen LogP contribution in [0.15, 0.2) is 0 Å². The summed E-state index contributed by atoms with van der Waals surface area (Å²) in [6.45, 7) is 6.35. The van der Waals surface area contributed by atoms with Crippen LogP contribution < -0.4 is 0 Å². The van der Waals surface area contributed by atoms with E-state index in [1.165, 1.54) is 0 Å². The molecule has 0 radical (unpaired) electrons. The Morgan fingerprint density at radius 3 is 2.62 bits per heavy atom. The van der Waals surface area contributed by atoms with Crippen LogP contribution in [0.1, 0.15) is 72.1 Å². The first kappa shape index (κ1) is 19.5. The molecule has 5 nitrogen and oxygen atoms in total. The van der Waals surface area contributed by atoms with Crippen molar-refractivity contribution in [2.24, 2.45) is 23.7 Å². The van der Waals surface area contributed by atoms with E-state index in [1.54, 1.807) is 6.92 Å². The molecule has 5 heteroatoms. The lowest BCUT2D eigenvalue weighted by Gasteiger charge is -2.46. The maximum Gasteiger partial charge on any atom is 0.317 e. The van der Waals surface area contributed by atoms with Crippen LogP contribution in [0.5, 0.6) is 0 Å². The fourth-order valence-corrected chi connectivity index (χ4v) is 5.20. The predicted octanol–water partition coefficient (Wildman–Crippen LogP) is 3.48. The molecule has 1 saturated carbocycles. The fraction of sp³-hybridized carbons (Fsp3) is 0.857. The van der Waals surface area contributed by atoms with Crippen LogP contribution in [0.3, 0.4) is 0 Å². The summed E-state index contributed by atoms with van der Waals surface area (Å²) in [5, 5.41) is 0. The van der Waals surface area contributed by atoms with Gasteiger partial charge in [-0.2, -0.15) is 0 Å². The summed E-state index contributed by atoms with van der Waals surface area (Å²) in [6.07, 6.45) is 7.02. The van der Waals surface area contributed by atoms with Crippen molar-refractivity contribution in [1.82, 2.24) is 0 Å². The number of fused-ring (bicyclic) bond motifs is 2. The zero-order chi connectivity index (χ0) is 18.9. The standard InChI is InChI=1S/C21H32O5/c1-4-6-7-9-17(22)18-16-11-13-10-14(8-5-2)25-12-15(13)19(23)21(16,3)26-20(18)24/h13-16,18H,4-12H2,1-3H3/t13?,14?,15?,16-,18+,21-/m1/s1. The second-order valence-electron chi connectivity index (χ2n) is 8.48. The Bertz CT molecular complexity index is 571. The molecule has 2 heterocycles. The number of Topliss-reactive ketones (excluding diaryl/α,β-unsaturated/α-hetero) is 2. The Kier molecular flexibility index (Phi) is 5.85. The molecule has 0 spiro atoms. The van der Waals surface area contributed by atoms with Crippen molar-refractivity contribution in [2.75, 3.05) is 6.61 Å². The molecule has 2 aliphatic heterocycles. The third-order valence-electron chi connectivity index (χ3n) is 6.69. The van der Waals surface area contributed by atoms with Gasteiger partial charge in [0.1, 0.15) is 11.7 Å². The van der Waals surface area contributed by atoms with Crippen LogP contribution in [0, 0.1) is 23.7 Å². The number of ketones is 2. The lowest BCUT2D eigenvalue weighted by atomic mass is 9.60. The van der Waals surface area contributed by atoms with Crippen molar-refractivity contribution in [1.29, 1.82) is 0 Å². The van der Waals surface area contributed by atoms with E-state index in [0.29, 0.717) is 19.4 Å². The third kappa shape index (κ3) is 3.35. The van der Waals surface area contributed by atoms with Crippen LogP contribution in [-0.4, -0.2) is 35.8 Å². The van der Waals surface area contributed by atoms with Crippen LogP contribution in [-0.2, 0) is 23.9 Å². The van der Waals surface area contributed by atoms with Crippen molar-refractivity contribution < 1.29 is 23.9 Å². The molecule has 6 atom stereocenters. The van der Waals surface area contributed by atoms with Crippen molar-refractivity contribution in [3.63, 3.8) is 0 Å². The summed E-state index contributed by atoms with van der Waals surface area (Å²) in [4.78, 5) is 38.4. The first-order valence-corrected chi connectivity index (χ1v) is 10.3. The zero-order valence-corrected chi connectivity index (χ0v) is 16.3. The summed E-state index contributed by atoms with van der Waals surface area (Å²) in [5.74, 6) is -1.63. The predicted molar refractivity (Wildman–Crippen MR) is 96.5 cm³/mol. The number of rotatable bonds is 7. The topological polar surface area (TPSA) is 69.7 Å². The molecule has 0 aromatic rings. The Morgan fingerprint density at radius 1 is 1.15 bits per heavy atom. The second kappa shape index (κ2) is 7.79. The molecule has 26 heavy (non-hydrogen) atoms. The molecular weight excluding hydrogens is 332 g/mol. The maximum atomic E-state index is 13.1. The van der Waals surface area contributed by atoms with Gasteiger partial charge in [-0.15, -0.1) is 0 Å². The summed E-state index contributed by atoms with van der Waals surface area (Å²) < 4.78 is 11.5. The van der Waals surface area contributed by atoms with Crippen molar-refractivity contribution >= 4 is 17.5 Å². The molecule has 0 aromatic heterocycles. The quantitative estimate of drug-likeness (QED) is 0.393. The van der Waals surface area contributed by atoms with Crippen LogP contribution in [0.2, 0.25) is 0 Å². The molecule has 1 aliphatic carbocycles. The van der Waals surface area contributed by atoms with Gasteiger partial charge in [-0.05, 0) is 38.5 Å². The normalized spacial score (nSPS) is 39.3. The molecule has 3 rings (SSSR count). The monoisotopic (exact) mass is 364 g/mol. The van der Waals surface area contributed by atoms with E-state index >= 15 is 0 Å². The van der Waals surface area contributed by atoms with E-state index in [0.717, 1.165) is 38.5 Å². The van der Waals surface area contributed by atoms with Gasteiger partial charge < -0.3 is 9.47 Å². The summed E-state index contributed by atoms with van der Waals surface area (Å²) in [7, 11) is 0. The van der Waals surface area contributed by atoms with Gasteiger partial charge in [0.25, 0.3) is 0 Å². The minimum Gasteiger partial charge on any atom is -0.450 e. The van der Waals surface area contributed by atoms with E-state index in [-0.39, 0.29) is 35.4 Å². The first-order valence-electron chi connectivity index (χ1n) is 10.3. The number of hydrogen-bond acceptors (Lipinski definition) is 5. The van der Waals surface area contributed by atoms with Gasteiger partial charge in [-0.3, -0.25) is 14.4 Å². The summed E-state index contributed by atoms with van der Waals surface area (Å²) >= 11 is 0. The first-order chi connectivity index (χ1) is 12.4. The highest BCUT2D eigenvalue weighted by Gasteiger charge is 2.64. The highest BCUT2D eigenvalue weighted by molar-refractivity contribution is 6.05. The Morgan fingerprint density at radius 2 is 1.92 bits per heavy atom. The van der Waals surface area contributed by atoms with Crippen molar-refractivity contribution in [3.05, 3.63) is 0 Å². The Labute approximate surface area is 156 Å². The van der Waals surface area contributed by atoms with Gasteiger partial charge in [0.05, 0.1) is 12.7 Å². The van der Waals surface area contributed by atoms with Crippen LogP contribution in [0.25, 0.3) is 0 Å². The van der Waals surface area contributed by atoms with E-state index in [1.807, 2.05) is 0 Å². The number of hydrogen-bond donors (Lipinski definition) is 0. The van der Waals surface area contributed by atoms with E-state index in [4.69, 9.17) is 9.47 Å². The molecule has 0 aromatic carbocycles. The maximum absolute atomic E-state index is 13.1. The Balaban J connectivity index is 1.77. The number of unbranched alkanes of at least 4 members (excludes halogenated alkanes) is 2.